The molecule has 0 bridgehead atoms. The Balaban J connectivity index is 1.61. The highest BCUT2D eigenvalue weighted by molar-refractivity contribution is 8.26. The first-order valence-electron chi connectivity index (χ1n) is 11.3. The van der Waals surface area contributed by atoms with Crippen molar-refractivity contribution in [3.05, 3.63) is 70.6 Å². The highest BCUT2D eigenvalue weighted by Crippen LogP contribution is 2.38. The van der Waals surface area contributed by atoms with Gasteiger partial charge in [0.05, 0.1) is 11.5 Å². The molecule has 33 heavy (non-hydrogen) atoms. The highest BCUT2D eigenvalue weighted by atomic mass is 32.2. The first-order valence-corrected chi connectivity index (χ1v) is 12.5. The largest absolute Gasteiger partial charge is 0.494 e. The summed E-state index contributed by atoms with van der Waals surface area (Å²) in [6.45, 7) is 2.91. The molecule has 1 atom stereocenters. The summed E-state index contributed by atoms with van der Waals surface area (Å²) in [6, 6.07) is 15.0. The van der Waals surface area contributed by atoms with Gasteiger partial charge in [0, 0.05) is 0 Å². The van der Waals surface area contributed by atoms with E-state index < -0.39 is 17.9 Å². The maximum absolute atomic E-state index is 13.0. The Bertz CT molecular complexity index is 989. The van der Waals surface area contributed by atoms with Gasteiger partial charge in [-0.15, -0.1) is 0 Å². The van der Waals surface area contributed by atoms with Crippen LogP contribution >= 0.6 is 24.0 Å². The number of carboxylic acid groups (broad SMARTS) is 1. The van der Waals surface area contributed by atoms with Gasteiger partial charge >= 0.3 is 5.97 Å². The van der Waals surface area contributed by atoms with E-state index in [1.54, 1.807) is 36.4 Å². The molecule has 1 aliphatic heterocycles. The van der Waals surface area contributed by atoms with Crippen LogP contribution in [0.15, 0.2) is 59.5 Å². The van der Waals surface area contributed by atoms with Crippen molar-refractivity contribution in [1.29, 1.82) is 0 Å². The molecule has 1 aliphatic rings. The molecule has 0 radical (unpaired) electrons. The Morgan fingerprint density at radius 1 is 1.06 bits per heavy atom. The zero-order valence-corrected chi connectivity index (χ0v) is 20.4. The molecule has 7 heteroatoms. The SMILES string of the molecule is CCCCCCCCOc1ccc(/C=C2\SC(=S)N([C@@H](C(=O)O)c3ccccc3)C2=O)cc1. The monoisotopic (exact) mass is 483 g/mol. The number of nitrogens with zero attached hydrogens (tertiary/aromatic N) is 1. The van der Waals surface area contributed by atoms with Gasteiger partial charge in [0.1, 0.15) is 10.1 Å². The van der Waals surface area contributed by atoms with Gasteiger partial charge in [-0.05, 0) is 35.8 Å². The van der Waals surface area contributed by atoms with Crippen LogP contribution in [0.5, 0.6) is 5.75 Å². The first kappa shape index (κ1) is 25.0. The van der Waals surface area contributed by atoms with Crippen LogP contribution in [0, 0.1) is 0 Å². The van der Waals surface area contributed by atoms with Gasteiger partial charge in [-0.1, -0.05) is 105 Å². The van der Waals surface area contributed by atoms with Crippen molar-refractivity contribution < 1.29 is 19.4 Å². The van der Waals surface area contributed by atoms with Crippen molar-refractivity contribution in [2.24, 2.45) is 0 Å². The zero-order chi connectivity index (χ0) is 23.6. The number of ether oxygens (including phenoxy) is 1. The maximum atomic E-state index is 13.0. The molecule has 1 heterocycles. The summed E-state index contributed by atoms with van der Waals surface area (Å²) in [4.78, 5) is 26.6. The van der Waals surface area contributed by atoms with E-state index in [4.69, 9.17) is 17.0 Å². The number of unbranched alkanes of at least 4 members (excludes halogenated alkanes) is 5. The normalized spacial score (nSPS) is 15.8. The molecule has 174 valence electrons. The fourth-order valence-corrected chi connectivity index (χ4v) is 4.94. The molecule has 1 amide bonds. The third kappa shape index (κ3) is 6.92. The van der Waals surface area contributed by atoms with Gasteiger partial charge in [0.15, 0.2) is 6.04 Å². The molecule has 1 fully saturated rings. The molecule has 2 aromatic rings. The van der Waals surface area contributed by atoms with Crippen molar-refractivity contribution in [1.82, 2.24) is 4.90 Å². The number of aliphatic carboxylic acids is 1. The second kappa shape index (κ2) is 12.6. The Morgan fingerprint density at radius 2 is 1.73 bits per heavy atom. The quantitative estimate of drug-likeness (QED) is 0.212. The number of carbonyl (C=O) groups is 2. The maximum Gasteiger partial charge on any atom is 0.331 e. The van der Waals surface area contributed by atoms with E-state index in [1.807, 2.05) is 24.3 Å². The lowest BCUT2D eigenvalue weighted by atomic mass is 10.1. The van der Waals surface area contributed by atoms with Crippen LogP contribution in [-0.4, -0.2) is 32.8 Å². The number of thiocarbonyl (C=S) groups is 1. The minimum absolute atomic E-state index is 0.237. The number of benzene rings is 2. The standard InChI is InChI=1S/C26H29NO4S2/c1-2-3-4-5-6-10-17-31-21-15-13-19(14-16-21)18-22-24(28)27(26(32)33-22)23(25(29)30)20-11-8-7-9-12-20/h7-9,11-16,18,23H,2-6,10,17H2,1H3,(H,29,30)/b22-18-/t23-/m1/s1. The van der Waals surface area contributed by atoms with E-state index in [-0.39, 0.29) is 4.32 Å². The van der Waals surface area contributed by atoms with Crippen molar-refractivity contribution in [3.8, 4) is 5.75 Å². The summed E-state index contributed by atoms with van der Waals surface area (Å²) in [5.74, 6) is -0.724. The lowest BCUT2D eigenvalue weighted by Crippen LogP contribution is -2.37. The van der Waals surface area contributed by atoms with E-state index in [0.717, 1.165) is 29.5 Å². The van der Waals surface area contributed by atoms with Gasteiger partial charge in [-0.2, -0.15) is 0 Å². The summed E-state index contributed by atoms with van der Waals surface area (Å²) in [5.41, 5.74) is 1.34. The Morgan fingerprint density at radius 3 is 2.39 bits per heavy atom. The Hall–Kier alpha value is -2.64. The molecule has 0 spiro atoms. The van der Waals surface area contributed by atoms with E-state index >= 15 is 0 Å². The number of amides is 1. The molecule has 1 N–H and O–H groups in total. The Labute approximate surface area is 204 Å². The summed E-state index contributed by atoms with van der Waals surface area (Å²) in [7, 11) is 0. The number of carbonyl (C=O) groups excluding carboxylic acids is 1. The number of hydrogen-bond donors (Lipinski definition) is 1. The summed E-state index contributed by atoms with van der Waals surface area (Å²) in [5, 5.41) is 9.78. The fourth-order valence-electron chi connectivity index (χ4n) is 3.62. The number of hydrogen-bond acceptors (Lipinski definition) is 5. The molecule has 0 aliphatic carbocycles. The first-order chi connectivity index (χ1) is 16.0. The predicted molar refractivity (Wildman–Crippen MR) is 137 cm³/mol. The van der Waals surface area contributed by atoms with Crippen LogP contribution in [0.1, 0.15) is 62.6 Å². The van der Waals surface area contributed by atoms with E-state index in [0.29, 0.717) is 17.1 Å². The topological polar surface area (TPSA) is 66.8 Å². The molecule has 0 unspecified atom stereocenters. The lowest BCUT2D eigenvalue weighted by molar-refractivity contribution is -0.145. The zero-order valence-electron chi connectivity index (χ0n) is 18.7. The van der Waals surface area contributed by atoms with E-state index in [9.17, 15) is 14.7 Å². The van der Waals surface area contributed by atoms with Crippen LogP contribution < -0.4 is 4.74 Å². The second-order valence-electron chi connectivity index (χ2n) is 7.89. The van der Waals surface area contributed by atoms with Crippen molar-refractivity contribution in [2.45, 2.75) is 51.5 Å². The number of rotatable bonds is 12. The molecule has 2 aromatic carbocycles. The van der Waals surface area contributed by atoms with E-state index in [2.05, 4.69) is 6.92 Å². The third-order valence-electron chi connectivity index (χ3n) is 5.38. The molecule has 0 saturated carbocycles. The molecule has 1 saturated heterocycles. The van der Waals surface area contributed by atoms with Gasteiger partial charge in [-0.3, -0.25) is 9.69 Å². The van der Waals surface area contributed by atoms with Crippen molar-refractivity contribution in [3.63, 3.8) is 0 Å². The summed E-state index contributed by atoms with van der Waals surface area (Å²) in [6.07, 6.45) is 9.04. The number of thioether (sulfide) groups is 1. The number of carboxylic acids is 1. The minimum Gasteiger partial charge on any atom is -0.494 e. The molecular formula is C26H29NO4S2. The molecule has 0 aromatic heterocycles. The predicted octanol–water partition coefficient (Wildman–Crippen LogP) is 6.45. The van der Waals surface area contributed by atoms with Gasteiger partial charge in [0.25, 0.3) is 5.91 Å². The highest BCUT2D eigenvalue weighted by Gasteiger charge is 2.41. The van der Waals surface area contributed by atoms with Gasteiger partial charge < -0.3 is 9.84 Å². The van der Waals surface area contributed by atoms with Crippen LogP contribution in [-0.2, 0) is 9.59 Å². The average molecular weight is 484 g/mol. The van der Waals surface area contributed by atoms with Gasteiger partial charge in [0.2, 0.25) is 0 Å². The minimum atomic E-state index is -1.15. The molecule has 5 nitrogen and oxygen atoms in total. The molecule has 3 rings (SSSR count). The third-order valence-corrected chi connectivity index (χ3v) is 6.71. The smallest absolute Gasteiger partial charge is 0.331 e. The van der Waals surface area contributed by atoms with Gasteiger partial charge in [-0.25, -0.2) is 4.79 Å². The Kier molecular flexibility index (Phi) is 9.51. The lowest BCUT2D eigenvalue weighted by Gasteiger charge is -2.23. The fraction of sp³-hybridized carbons (Fsp3) is 0.346. The van der Waals surface area contributed by atoms with Crippen molar-refractivity contribution >= 4 is 46.3 Å². The van der Waals surface area contributed by atoms with Crippen LogP contribution in [0.25, 0.3) is 6.08 Å². The second-order valence-corrected chi connectivity index (χ2v) is 9.56. The summed E-state index contributed by atoms with van der Waals surface area (Å²) >= 11 is 6.48. The molecular weight excluding hydrogens is 454 g/mol. The van der Waals surface area contributed by atoms with Crippen molar-refractivity contribution in [2.75, 3.05) is 6.61 Å². The summed E-state index contributed by atoms with van der Waals surface area (Å²) < 4.78 is 6.05. The van der Waals surface area contributed by atoms with Crippen LogP contribution in [0.4, 0.5) is 0 Å². The van der Waals surface area contributed by atoms with Crippen LogP contribution in [0.3, 0.4) is 0 Å². The van der Waals surface area contributed by atoms with Crippen LogP contribution in [0.2, 0.25) is 0 Å². The van der Waals surface area contributed by atoms with E-state index in [1.165, 1.54) is 37.0 Å². The average Bonchev–Trinajstić information content (AvgIpc) is 3.08.